The van der Waals surface area contributed by atoms with E-state index in [1.807, 2.05) is 0 Å². The fraction of sp³-hybridized carbons (Fsp3) is 0.938. The van der Waals surface area contributed by atoms with Crippen LogP contribution in [0.4, 0.5) is 0 Å². The molecule has 0 spiro atoms. The predicted octanol–water partition coefficient (Wildman–Crippen LogP) is 3.05. The molecule has 0 bridgehead atoms. The van der Waals surface area contributed by atoms with Crippen LogP contribution in [0.3, 0.4) is 0 Å². The lowest BCUT2D eigenvalue weighted by atomic mass is 9.98. The number of likely N-dealkylation sites (tertiary alicyclic amines) is 1. The van der Waals surface area contributed by atoms with E-state index in [0.717, 1.165) is 19.4 Å². The summed E-state index contributed by atoms with van der Waals surface area (Å²) in [6, 6.07) is 0.499. The number of hydrogen-bond donors (Lipinski definition) is 1. The van der Waals surface area contributed by atoms with Crippen molar-refractivity contribution in [2.45, 2.75) is 65.8 Å². The van der Waals surface area contributed by atoms with Crippen LogP contribution in [0, 0.1) is 11.8 Å². The molecule has 0 saturated carbocycles. The zero-order chi connectivity index (χ0) is 14.3. The number of hydrogen-bond acceptors (Lipinski definition) is 2. The molecule has 1 saturated heterocycles. The van der Waals surface area contributed by atoms with Gasteiger partial charge in [0, 0.05) is 18.5 Å². The van der Waals surface area contributed by atoms with Crippen LogP contribution < -0.4 is 5.32 Å². The summed E-state index contributed by atoms with van der Waals surface area (Å²) in [5.41, 5.74) is 0. The van der Waals surface area contributed by atoms with Gasteiger partial charge in [-0.1, -0.05) is 34.1 Å². The van der Waals surface area contributed by atoms with Crippen molar-refractivity contribution in [1.29, 1.82) is 0 Å². The van der Waals surface area contributed by atoms with E-state index in [2.05, 4.69) is 37.9 Å². The Labute approximate surface area is 119 Å². The predicted molar refractivity (Wildman–Crippen MR) is 81.1 cm³/mol. The number of nitrogens with one attached hydrogen (secondary N) is 1. The molecule has 3 nitrogen and oxygen atoms in total. The van der Waals surface area contributed by atoms with E-state index in [4.69, 9.17) is 0 Å². The molecule has 1 rings (SSSR count). The zero-order valence-corrected chi connectivity index (χ0v) is 13.2. The van der Waals surface area contributed by atoms with Gasteiger partial charge in [0.2, 0.25) is 5.91 Å². The third-order valence-electron chi connectivity index (χ3n) is 4.47. The summed E-state index contributed by atoms with van der Waals surface area (Å²) in [4.78, 5) is 14.7. The second kappa shape index (κ2) is 8.57. The lowest BCUT2D eigenvalue weighted by molar-refractivity contribution is -0.125. The van der Waals surface area contributed by atoms with Gasteiger partial charge in [-0.25, -0.2) is 0 Å². The minimum absolute atomic E-state index is 0.189. The highest BCUT2D eigenvalue weighted by molar-refractivity contribution is 5.78. The SMILES string of the molecule is CCC(CC)C(=O)NCC(C(C)C)N1CCCCC1. The van der Waals surface area contributed by atoms with Gasteiger partial charge in [-0.2, -0.15) is 0 Å². The summed E-state index contributed by atoms with van der Waals surface area (Å²) in [6.07, 6.45) is 5.87. The average molecular weight is 268 g/mol. The first kappa shape index (κ1) is 16.5. The summed E-state index contributed by atoms with van der Waals surface area (Å²) in [7, 11) is 0. The van der Waals surface area contributed by atoms with Crippen molar-refractivity contribution in [3.8, 4) is 0 Å². The van der Waals surface area contributed by atoms with Crippen molar-refractivity contribution in [1.82, 2.24) is 10.2 Å². The second-order valence-corrected chi connectivity index (χ2v) is 6.17. The Morgan fingerprint density at radius 2 is 1.68 bits per heavy atom. The number of nitrogens with zero attached hydrogens (tertiary/aromatic N) is 1. The van der Waals surface area contributed by atoms with E-state index >= 15 is 0 Å². The normalized spacial score (nSPS) is 18.8. The molecule has 112 valence electrons. The van der Waals surface area contributed by atoms with Gasteiger partial charge in [-0.3, -0.25) is 9.69 Å². The van der Waals surface area contributed by atoms with Crippen molar-refractivity contribution in [3.05, 3.63) is 0 Å². The fourth-order valence-corrected chi connectivity index (χ4v) is 3.05. The van der Waals surface area contributed by atoms with Gasteiger partial charge in [0.15, 0.2) is 0 Å². The molecule has 3 heteroatoms. The van der Waals surface area contributed by atoms with E-state index in [1.165, 1.54) is 32.4 Å². The highest BCUT2D eigenvalue weighted by Crippen LogP contribution is 2.17. The van der Waals surface area contributed by atoms with Crippen LogP contribution in [0.15, 0.2) is 0 Å². The highest BCUT2D eigenvalue weighted by Gasteiger charge is 2.24. The molecule has 1 aliphatic rings. The fourth-order valence-electron chi connectivity index (χ4n) is 3.05. The van der Waals surface area contributed by atoms with Crippen LogP contribution in [-0.4, -0.2) is 36.5 Å². The minimum Gasteiger partial charge on any atom is -0.354 e. The largest absolute Gasteiger partial charge is 0.354 e. The first-order chi connectivity index (χ1) is 9.10. The lowest BCUT2D eigenvalue weighted by Crippen LogP contribution is -2.49. The second-order valence-electron chi connectivity index (χ2n) is 6.17. The Morgan fingerprint density at radius 1 is 1.11 bits per heavy atom. The summed E-state index contributed by atoms with van der Waals surface area (Å²) in [5.74, 6) is 1.03. The Hall–Kier alpha value is -0.570. The van der Waals surface area contributed by atoms with E-state index in [1.54, 1.807) is 0 Å². The highest BCUT2D eigenvalue weighted by atomic mass is 16.1. The van der Waals surface area contributed by atoms with Crippen LogP contribution in [0.5, 0.6) is 0 Å². The zero-order valence-electron chi connectivity index (χ0n) is 13.2. The molecule has 1 heterocycles. The minimum atomic E-state index is 0.189. The lowest BCUT2D eigenvalue weighted by Gasteiger charge is -2.37. The molecule has 1 aliphatic heterocycles. The van der Waals surface area contributed by atoms with Crippen molar-refractivity contribution in [2.75, 3.05) is 19.6 Å². The van der Waals surface area contributed by atoms with Crippen LogP contribution in [-0.2, 0) is 4.79 Å². The molecule has 1 unspecified atom stereocenters. The molecule has 1 atom stereocenters. The molecule has 0 aromatic carbocycles. The van der Waals surface area contributed by atoms with Crippen molar-refractivity contribution < 1.29 is 4.79 Å². The van der Waals surface area contributed by atoms with Gasteiger partial charge in [0.1, 0.15) is 0 Å². The van der Waals surface area contributed by atoms with E-state index in [0.29, 0.717) is 12.0 Å². The standard InChI is InChI=1S/C16H32N2O/c1-5-14(6-2)16(19)17-12-15(13(3)4)18-10-8-7-9-11-18/h13-15H,5-12H2,1-4H3,(H,17,19). The average Bonchev–Trinajstić information content (AvgIpc) is 2.41. The summed E-state index contributed by atoms with van der Waals surface area (Å²) >= 11 is 0. The van der Waals surface area contributed by atoms with Gasteiger partial charge in [-0.05, 0) is 44.7 Å². The van der Waals surface area contributed by atoms with Gasteiger partial charge < -0.3 is 5.32 Å². The Morgan fingerprint density at radius 3 is 2.16 bits per heavy atom. The van der Waals surface area contributed by atoms with Gasteiger partial charge in [0.25, 0.3) is 0 Å². The number of carbonyl (C=O) groups excluding carboxylic acids is 1. The third-order valence-corrected chi connectivity index (χ3v) is 4.47. The van der Waals surface area contributed by atoms with Crippen LogP contribution >= 0.6 is 0 Å². The van der Waals surface area contributed by atoms with Crippen molar-refractivity contribution in [2.24, 2.45) is 11.8 Å². The smallest absolute Gasteiger partial charge is 0.223 e. The summed E-state index contributed by atoms with van der Waals surface area (Å²) in [5, 5.41) is 3.18. The van der Waals surface area contributed by atoms with Crippen molar-refractivity contribution in [3.63, 3.8) is 0 Å². The van der Waals surface area contributed by atoms with Crippen molar-refractivity contribution >= 4 is 5.91 Å². The number of rotatable bonds is 7. The molecule has 0 radical (unpaired) electrons. The Kier molecular flexibility index (Phi) is 7.44. The maximum Gasteiger partial charge on any atom is 0.223 e. The van der Waals surface area contributed by atoms with Gasteiger partial charge in [-0.15, -0.1) is 0 Å². The Balaban J connectivity index is 2.47. The van der Waals surface area contributed by atoms with E-state index < -0.39 is 0 Å². The maximum atomic E-state index is 12.1. The van der Waals surface area contributed by atoms with Gasteiger partial charge >= 0.3 is 0 Å². The maximum absolute atomic E-state index is 12.1. The van der Waals surface area contributed by atoms with Crippen LogP contribution in [0.1, 0.15) is 59.8 Å². The first-order valence-corrected chi connectivity index (χ1v) is 8.11. The molecule has 1 N–H and O–H groups in total. The van der Waals surface area contributed by atoms with Gasteiger partial charge in [0.05, 0.1) is 0 Å². The molecular weight excluding hydrogens is 236 g/mol. The summed E-state index contributed by atoms with van der Waals surface area (Å²) < 4.78 is 0. The van der Waals surface area contributed by atoms with E-state index in [9.17, 15) is 4.79 Å². The molecule has 19 heavy (non-hydrogen) atoms. The van der Waals surface area contributed by atoms with E-state index in [-0.39, 0.29) is 11.8 Å². The monoisotopic (exact) mass is 268 g/mol. The Bertz CT molecular complexity index is 255. The number of carbonyl (C=O) groups is 1. The number of amides is 1. The molecule has 0 aromatic heterocycles. The third kappa shape index (κ3) is 5.13. The molecule has 0 aliphatic carbocycles. The van der Waals surface area contributed by atoms with Crippen LogP contribution in [0.25, 0.3) is 0 Å². The molecule has 1 amide bonds. The molecular formula is C16H32N2O. The quantitative estimate of drug-likeness (QED) is 0.769. The molecule has 0 aromatic rings. The first-order valence-electron chi connectivity index (χ1n) is 8.11. The summed E-state index contributed by atoms with van der Waals surface area (Å²) in [6.45, 7) is 11.9. The van der Waals surface area contributed by atoms with Crippen LogP contribution in [0.2, 0.25) is 0 Å². The molecule has 1 fully saturated rings. The topological polar surface area (TPSA) is 32.3 Å². The number of piperidine rings is 1.